The molecule has 0 radical (unpaired) electrons. The fourth-order valence-corrected chi connectivity index (χ4v) is 0.737. The Morgan fingerprint density at radius 3 is 2.67 bits per heavy atom. The summed E-state index contributed by atoms with van der Waals surface area (Å²) < 4.78 is 0. The van der Waals surface area contributed by atoms with Crippen molar-refractivity contribution in [1.29, 1.82) is 5.39 Å². The second-order valence-electron chi connectivity index (χ2n) is 2.11. The van der Waals surface area contributed by atoms with Gasteiger partial charge in [0, 0.05) is 0 Å². The zero-order chi connectivity index (χ0) is 9.14. The minimum atomic E-state index is -1.14. The number of aromatic carboxylic acids is 1. The van der Waals surface area contributed by atoms with Gasteiger partial charge in [0.2, 0.25) is 11.1 Å². The molecule has 0 aromatic heterocycles. The number of phenols is 1. The second-order valence-corrected chi connectivity index (χ2v) is 2.11. The molecule has 0 aliphatic rings. The van der Waals surface area contributed by atoms with Crippen LogP contribution < -0.4 is 0 Å². The van der Waals surface area contributed by atoms with Crippen LogP contribution in [-0.2, 0) is 0 Å². The standard InChI is InChI=1S/C7H4N2O3/c8-9-5-3-4(7(11)12)1-2-6(5)10/h1-3H,(H-,10,11,12)/p+1. The highest BCUT2D eigenvalue weighted by atomic mass is 16.4. The third kappa shape index (κ3) is 1.32. The summed E-state index contributed by atoms with van der Waals surface area (Å²) in [6, 6.07) is 3.43. The molecule has 2 N–H and O–H groups in total. The molecule has 1 rings (SSSR count). The first-order chi connectivity index (χ1) is 5.65. The minimum absolute atomic E-state index is 0.0411. The quantitative estimate of drug-likeness (QED) is 0.618. The van der Waals surface area contributed by atoms with Crippen molar-refractivity contribution in [2.75, 3.05) is 0 Å². The summed E-state index contributed by atoms with van der Waals surface area (Å²) >= 11 is 0. The van der Waals surface area contributed by atoms with Gasteiger partial charge < -0.3 is 10.2 Å². The van der Waals surface area contributed by atoms with E-state index >= 15 is 0 Å². The van der Waals surface area contributed by atoms with Gasteiger partial charge in [0.1, 0.15) is 0 Å². The van der Waals surface area contributed by atoms with Crippen LogP contribution in [0.3, 0.4) is 0 Å². The van der Waals surface area contributed by atoms with Gasteiger partial charge >= 0.3 is 11.7 Å². The molecule has 0 aliphatic carbocycles. The van der Waals surface area contributed by atoms with E-state index in [1.807, 2.05) is 0 Å². The third-order valence-electron chi connectivity index (χ3n) is 1.33. The largest absolute Gasteiger partial charge is 0.501 e. The van der Waals surface area contributed by atoms with Crippen LogP contribution in [0.1, 0.15) is 10.4 Å². The maximum absolute atomic E-state index is 10.4. The first-order valence-corrected chi connectivity index (χ1v) is 3.06. The first kappa shape index (κ1) is 8.01. The Bertz CT molecular complexity index is 367. The van der Waals surface area contributed by atoms with Crippen molar-refractivity contribution in [3.05, 3.63) is 28.7 Å². The monoisotopic (exact) mass is 165 g/mol. The van der Waals surface area contributed by atoms with Gasteiger partial charge in [0.25, 0.3) is 0 Å². The molecule has 1 aromatic carbocycles. The van der Waals surface area contributed by atoms with E-state index in [9.17, 15) is 4.79 Å². The Kier molecular flexibility index (Phi) is 1.92. The summed E-state index contributed by atoms with van der Waals surface area (Å²) in [6.45, 7) is 0. The lowest BCUT2D eigenvalue weighted by molar-refractivity contribution is 0.0697. The lowest BCUT2D eigenvalue weighted by atomic mass is 10.2. The average molecular weight is 165 g/mol. The third-order valence-corrected chi connectivity index (χ3v) is 1.33. The summed E-state index contributed by atoms with van der Waals surface area (Å²) in [6.07, 6.45) is 0. The molecule has 12 heavy (non-hydrogen) atoms. The Labute approximate surface area is 67.5 Å². The number of hydrogen-bond donors (Lipinski definition) is 2. The number of carbonyl (C=O) groups is 1. The van der Waals surface area contributed by atoms with E-state index in [0.717, 1.165) is 12.1 Å². The number of carboxylic acids is 1. The normalized spacial score (nSPS) is 8.92. The average Bonchev–Trinajstić information content (AvgIpc) is 2.05. The topological polar surface area (TPSA) is 85.7 Å². The summed E-state index contributed by atoms with van der Waals surface area (Å²) in [5.41, 5.74) is -0.199. The SMILES string of the molecule is N#[N+]c1cc(C(=O)O)ccc1O. The van der Waals surface area contributed by atoms with Crippen molar-refractivity contribution < 1.29 is 15.0 Å². The number of rotatable bonds is 1. The van der Waals surface area contributed by atoms with Crippen LogP contribution in [0.25, 0.3) is 4.98 Å². The van der Waals surface area contributed by atoms with Crippen LogP contribution in [0.4, 0.5) is 5.69 Å². The molecule has 5 heteroatoms. The highest BCUT2D eigenvalue weighted by molar-refractivity contribution is 5.89. The lowest BCUT2D eigenvalue weighted by Gasteiger charge is -1.90. The van der Waals surface area contributed by atoms with Crippen LogP contribution >= 0.6 is 0 Å². The molecule has 0 aliphatic heterocycles. The minimum Gasteiger partial charge on any atom is -0.501 e. The molecule has 0 unspecified atom stereocenters. The van der Waals surface area contributed by atoms with E-state index < -0.39 is 5.97 Å². The number of carboxylic acid groups (broad SMARTS) is 1. The highest BCUT2D eigenvalue weighted by Gasteiger charge is 2.15. The van der Waals surface area contributed by atoms with Crippen LogP contribution in [0.2, 0.25) is 0 Å². The van der Waals surface area contributed by atoms with E-state index in [1.165, 1.54) is 6.07 Å². The van der Waals surface area contributed by atoms with E-state index in [1.54, 1.807) is 0 Å². The van der Waals surface area contributed by atoms with Gasteiger partial charge in [-0.2, -0.15) is 0 Å². The summed E-state index contributed by atoms with van der Waals surface area (Å²) in [7, 11) is 0. The first-order valence-electron chi connectivity index (χ1n) is 3.06. The molecule has 0 heterocycles. The molecule has 60 valence electrons. The van der Waals surface area contributed by atoms with E-state index in [0.29, 0.717) is 0 Å². The van der Waals surface area contributed by atoms with Crippen molar-refractivity contribution in [3.63, 3.8) is 0 Å². The molecule has 5 nitrogen and oxygen atoms in total. The number of nitrogens with zero attached hydrogens (tertiary/aromatic N) is 2. The van der Waals surface area contributed by atoms with Gasteiger partial charge in [-0.1, -0.05) is 0 Å². The van der Waals surface area contributed by atoms with Gasteiger partial charge in [-0.3, -0.25) is 0 Å². The van der Waals surface area contributed by atoms with Gasteiger partial charge in [0.15, 0.2) is 4.98 Å². The molecular weight excluding hydrogens is 160 g/mol. The number of hydrogen-bond acceptors (Lipinski definition) is 3. The predicted octanol–water partition coefficient (Wildman–Crippen LogP) is 1.57. The molecule has 0 spiro atoms. The summed E-state index contributed by atoms with van der Waals surface area (Å²) in [5, 5.41) is 25.8. The molecule has 1 aromatic rings. The number of phenolic OH excluding ortho intramolecular Hbond substituents is 1. The zero-order valence-corrected chi connectivity index (χ0v) is 5.93. The van der Waals surface area contributed by atoms with Crippen LogP contribution in [0, 0.1) is 5.39 Å². The number of aromatic hydroxyl groups is 1. The van der Waals surface area contributed by atoms with Crippen molar-refractivity contribution >= 4 is 11.7 Å². The maximum Gasteiger partial charge on any atom is 0.426 e. The molecule has 0 saturated carbocycles. The second kappa shape index (κ2) is 2.88. The van der Waals surface area contributed by atoms with Crippen LogP contribution in [-0.4, -0.2) is 16.2 Å². The summed E-state index contributed by atoms with van der Waals surface area (Å²) in [5.74, 6) is -1.40. The van der Waals surface area contributed by atoms with Gasteiger partial charge in [0.05, 0.1) is 11.6 Å². The van der Waals surface area contributed by atoms with E-state index in [4.69, 9.17) is 15.6 Å². The van der Waals surface area contributed by atoms with Crippen LogP contribution in [0.5, 0.6) is 5.75 Å². The van der Waals surface area contributed by atoms with Crippen molar-refractivity contribution in [2.45, 2.75) is 0 Å². The van der Waals surface area contributed by atoms with Crippen LogP contribution in [0.15, 0.2) is 18.2 Å². The molecule has 0 bridgehead atoms. The molecule has 0 fully saturated rings. The Balaban J connectivity index is 3.25. The molecule has 0 amide bonds. The highest BCUT2D eigenvalue weighted by Crippen LogP contribution is 2.26. The number of diazo groups is 1. The summed E-state index contributed by atoms with van der Waals surface area (Å²) in [4.78, 5) is 13.1. The maximum atomic E-state index is 10.4. The smallest absolute Gasteiger partial charge is 0.426 e. The molecular formula is C7H5N2O3+. The fraction of sp³-hybridized carbons (Fsp3) is 0. The lowest BCUT2D eigenvalue weighted by Crippen LogP contribution is -1.94. The molecule has 0 saturated heterocycles. The van der Waals surface area contributed by atoms with Gasteiger partial charge in [-0.05, 0) is 12.1 Å². The van der Waals surface area contributed by atoms with Gasteiger partial charge in [-0.15, -0.1) is 0 Å². The molecule has 0 atom stereocenters. The number of benzene rings is 1. The van der Waals surface area contributed by atoms with E-state index in [2.05, 4.69) is 4.98 Å². The zero-order valence-electron chi connectivity index (χ0n) is 5.93. The van der Waals surface area contributed by atoms with Crippen molar-refractivity contribution in [3.8, 4) is 5.75 Å². The van der Waals surface area contributed by atoms with Crippen molar-refractivity contribution in [2.24, 2.45) is 0 Å². The fourth-order valence-electron chi connectivity index (χ4n) is 0.737. The van der Waals surface area contributed by atoms with Crippen molar-refractivity contribution in [1.82, 2.24) is 0 Å². The predicted molar refractivity (Wildman–Crippen MR) is 39.8 cm³/mol. The Morgan fingerprint density at radius 2 is 2.17 bits per heavy atom. The Hall–Kier alpha value is -2.09. The Morgan fingerprint density at radius 1 is 1.50 bits per heavy atom. The van der Waals surface area contributed by atoms with Gasteiger partial charge in [-0.25, -0.2) is 4.79 Å². The van der Waals surface area contributed by atoms with E-state index in [-0.39, 0.29) is 17.0 Å².